The molecule has 4 aromatic rings. The van der Waals surface area contributed by atoms with Crippen molar-refractivity contribution in [2.75, 3.05) is 0 Å². The number of hydrogen-bond donors (Lipinski definition) is 0. The van der Waals surface area contributed by atoms with Crippen LogP contribution < -0.4 is 4.57 Å². The van der Waals surface area contributed by atoms with Gasteiger partial charge >= 0.3 is 0 Å². The Kier molecular flexibility index (Phi) is 2.14. The van der Waals surface area contributed by atoms with Crippen molar-refractivity contribution in [1.29, 1.82) is 0 Å². The molecule has 0 N–H and O–H groups in total. The Bertz CT molecular complexity index is 1110. The van der Waals surface area contributed by atoms with Crippen LogP contribution in [0.3, 0.4) is 0 Å². The van der Waals surface area contributed by atoms with Gasteiger partial charge in [-0.3, -0.25) is 0 Å². The van der Waals surface area contributed by atoms with Crippen molar-refractivity contribution in [2.45, 2.75) is 38.6 Å². The minimum Gasteiger partial charge on any atom is -0.224 e. The molecule has 2 heteroatoms. The van der Waals surface area contributed by atoms with Crippen molar-refractivity contribution < 1.29 is 4.57 Å². The zero-order valence-electron chi connectivity index (χ0n) is 14.1. The second-order valence-corrected chi connectivity index (χ2v) is 7.79. The van der Waals surface area contributed by atoms with E-state index in [1.165, 1.54) is 32.9 Å². The molecule has 0 bridgehead atoms. The number of hydrogen-bond acceptors (Lipinski definition) is 0. The first-order valence-electron chi connectivity index (χ1n) is 8.32. The van der Waals surface area contributed by atoms with Crippen LogP contribution in [0.25, 0.3) is 27.3 Å². The number of rotatable bonds is 0. The van der Waals surface area contributed by atoms with Crippen LogP contribution in [0.1, 0.15) is 33.3 Å². The number of aromatic nitrogens is 2. The van der Waals surface area contributed by atoms with Crippen molar-refractivity contribution in [3.63, 3.8) is 0 Å². The van der Waals surface area contributed by atoms with Crippen LogP contribution in [0.4, 0.5) is 0 Å². The molecule has 0 unspecified atom stereocenters. The fraction of sp³-hybridized carbons (Fsp3) is 0.286. The number of nitrogens with zero attached hydrogens (tertiary/aromatic N) is 2. The Labute approximate surface area is 136 Å². The van der Waals surface area contributed by atoms with E-state index >= 15 is 0 Å². The number of imidazole rings is 1. The molecule has 2 nitrogen and oxygen atoms in total. The van der Waals surface area contributed by atoms with E-state index in [0.717, 1.165) is 0 Å². The molecule has 0 saturated heterocycles. The minimum atomic E-state index is 0.0193. The lowest BCUT2D eigenvalue weighted by Crippen LogP contribution is -2.63. The van der Waals surface area contributed by atoms with Gasteiger partial charge in [0.1, 0.15) is 23.4 Å². The Balaban J connectivity index is 2.22. The van der Waals surface area contributed by atoms with Gasteiger partial charge in [-0.15, -0.1) is 0 Å². The van der Waals surface area contributed by atoms with Crippen LogP contribution >= 0.6 is 0 Å². The smallest absolute Gasteiger partial charge is 0.224 e. The van der Waals surface area contributed by atoms with E-state index in [9.17, 15) is 0 Å². The SMILES string of the molecule is CC1(C)c2cccc3c4ccccc4n4cc[n+](c4c23)C1(C)C. The quantitative estimate of drug-likeness (QED) is 0.332. The fourth-order valence-electron chi connectivity index (χ4n) is 4.36. The molecule has 0 spiro atoms. The molecule has 1 aliphatic heterocycles. The Morgan fingerprint density at radius 3 is 2.43 bits per heavy atom. The highest BCUT2D eigenvalue weighted by atomic mass is 15.2. The molecule has 3 heterocycles. The molecule has 2 aromatic carbocycles. The van der Waals surface area contributed by atoms with Crippen LogP contribution in [0, 0.1) is 0 Å². The van der Waals surface area contributed by atoms with Crippen molar-refractivity contribution in [1.82, 2.24) is 4.40 Å². The van der Waals surface area contributed by atoms with Gasteiger partial charge in [-0.25, -0.2) is 4.57 Å². The Hall–Kier alpha value is -2.35. The third-order valence-corrected chi connectivity index (χ3v) is 6.37. The third-order valence-electron chi connectivity index (χ3n) is 6.37. The molecule has 1 aliphatic rings. The zero-order valence-corrected chi connectivity index (χ0v) is 14.1. The summed E-state index contributed by atoms with van der Waals surface area (Å²) in [4.78, 5) is 0. The van der Waals surface area contributed by atoms with Gasteiger partial charge in [-0.1, -0.05) is 50.2 Å². The summed E-state index contributed by atoms with van der Waals surface area (Å²) in [5.74, 6) is 0. The lowest BCUT2D eigenvalue weighted by atomic mass is 9.66. The van der Waals surface area contributed by atoms with E-state index < -0.39 is 0 Å². The Morgan fingerprint density at radius 1 is 0.870 bits per heavy atom. The highest BCUT2D eigenvalue weighted by molar-refractivity contribution is 6.12. The van der Waals surface area contributed by atoms with Gasteiger partial charge in [0.15, 0.2) is 0 Å². The number of benzene rings is 2. The molecule has 0 radical (unpaired) electrons. The van der Waals surface area contributed by atoms with E-state index in [2.05, 4.69) is 91.5 Å². The molecular weight excluding hydrogens is 280 g/mol. The van der Waals surface area contributed by atoms with Crippen molar-refractivity contribution in [2.24, 2.45) is 0 Å². The summed E-state index contributed by atoms with van der Waals surface area (Å²) >= 11 is 0. The average Bonchev–Trinajstić information content (AvgIpc) is 2.99. The molecule has 114 valence electrons. The monoisotopic (exact) mass is 301 g/mol. The molecule has 5 rings (SSSR count). The minimum absolute atomic E-state index is 0.0193. The maximum absolute atomic E-state index is 2.47. The van der Waals surface area contributed by atoms with Crippen LogP contribution in [0.15, 0.2) is 54.9 Å². The first-order valence-corrected chi connectivity index (χ1v) is 8.32. The summed E-state index contributed by atoms with van der Waals surface area (Å²) in [5.41, 5.74) is 4.13. The lowest BCUT2D eigenvalue weighted by molar-refractivity contribution is -0.745. The molecule has 0 saturated carbocycles. The summed E-state index contributed by atoms with van der Waals surface area (Å²) in [6, 6.07) is 15.5. The standard InChI is InChI=1S/C21H21N2/c1-20(2)16-10-7-9-15-14-8-5-6-11-17(14)22-12-13-23(21(20,3)4)19(22)18(15)16/h5-13H,1-4H3/q+1. The fourth-order valence-corrected chi connectivity index (χ4v) is 4.36. The van der Waals surface area contributed by atoms with Gasteiger partial charge in [-0.05, 0) is 25.5 Å². The molecule has 0 aliphatic carbocycles. The van der Waals surface area contributed by atoms with Crippen molar-refractivity contribution in [3.05, 3.63) is 60.4 Å². The molecule has 0 atom stereocenters. The highest BCUT2D eigenvalue weighted by Gasteiger charge is 2.49. The van der Waals surface area contributed by atoms with Gasteiger partial charge < -0.3 is 0 Å². The van der Waals surface area contributed by atoms with Gasteiger partial charge in [0.25, 0.3) is 5.65 Å². The molecule has 0 fully saturated rings. The van der Waals surface area contributed by atoms with Gasteiger partial charge in [0.2, 0.25) is 0 Å². The summed E-state index contributed by atoms with van der Waals surface area (Å²) < 4.78 is 4.83. The average molecular weight is 301 g/mol. The summed E-state index contributed by atoms with van der Waals surface area (Å²) in [5, 5.41) is 4.09. The molecule has 23 heavy (non-hydrogen) atoms. The maximum Gasteiger partial charge on any atom is 0.295 e. The summed E-state index contributed by atoms with van der Waals surface area (Å²) in [6.45, 7) is 9.45. The van der Waals surface area contributed by atoms with E-state index in [1.807, 2.05) is 0 Å². The predicted octanol–water partition coefficient (Wildman–Crippen LogP) is 4.56. The van der Waals surface area contributed by atoms with E-state index in [0.29, 0.717) is 0 Å². The van der Waals surface area contributed by atoms with E-state index in [1.54, 1.807) is 0 Å². The van der Waals surface area contributed by atoms with Gasteiger partial charge in [0.05, 0.1) is 5.39 Å². The number of fused-ring (bicyclic) bond motifs is 3. The largest absolute Gasteiger partial charge is 0.295 e. The topological polar surface area (TPSA) is 8.29 Å². The van der Waals surface area contributed by atoms with Crippen molar-refractivity contribution in [3.8, 4) is 0 Å². The van der Waals surface area contributed by atoms with Gasteiger partial charge in [0, 0.05) is 16.2 Å². The van der Waals surface area contributed by atoms with Crippen molar-refractivity contribution >= 4 is 27.3 Å². The van der Waals surface area contributed by atoms with Crippen LogP contribution in [0.2, 0.25) is 0 Å². The molecule has 2 aromatic heterocycles. The first kappa shape index (κ1) is 13.1. The zero-order chi connectivity index (χ0) is 16.0. The normalized spacial score (nSPS) is 18.3. The van der Waals surface area contributed by atoms with E-state index in [4.69, 9.17) is 0 Å². The number of pyridine rings is 1. The summed E-state index contributed by atoms with van der Waals surface area (Å²) in [6.07, 6.45) is 4.47. The predicted molar refractivity (Wildman–Crippen MR) is 95.0 cm³/mol. The van der Waals surface area contributed by atoms with Crippen LogP contribution in [0.5, 0.6) is 0 Å². The second kappa shape index (κ2) is 3.76. The first-order chi connectivity index (χ1) is 10.9. The highest BCUT2D eigenvalue weighted by Crippen LogP contribution is 2.46. The lowest BCUT2D eigenvalue weighted by Gasteiger charge is -2.42. The van der Waals surface area contributed by atoms with Crippen LogP contribution in [-0.4, -0.2) is 4.40 Å². The molecular formula is C21H21N2+. The summed E-state index contributed by atoms with van der Waals surface area (Å²) in [7, 11) is 0. The molecule has 0 amide bonds. The maximum atomic E-state index is 2.47. The Morgan fingerprint density at radius 2 is 1.61 bits per heavy atom. The van der Waals surface area contributed by atoms with Gasteiger partial charge in [-0.2, -0.15) is 4.40 Å². The van der Waals surface area contributed by atoms with Crippen LogP contribution in [-0.2, 0) is 11.0 Å². The van der Waals surface area contributed by atoms with E-state index in [-0.39, 0.29) is 11.0 Å². The second-order valence-electron chi connectivity index (χ2n) is 7.79. The third kappa shape index (κ3) is 1.30. The number of para-hydroxylation sites is 1.